The number of anilines is 1. The van der Waals surface area contributed by atoms with Gasteiger partial charge in [-0.25, -0.2) is 0 Å². The summed E-state index contributed by atoms with van der Waals surface area (Å²) in [5.74, 6) is -0.218. The summed E-state index contributed by atoms with van der Waals surface area (Å²) < 4.78 is 66.7. The summed E-state index contributed by atoms with van der Waals surface area (Å²) >= 11 is 0. The van der Waals surface area contributed by atoms with Gasteiger partial charge in [-0.05, 0) is 31.0 Å². The van der Waals surface area contributed by atoms with Gasteiger partial charge < -0.3 is 9.64 Å². The largest absolute Gasteiger partial charge is 0.433 e. The van der Waals surface area contributed by atoms with E-state index in [-0.39, 0.29) is 11.4 Å². The highest BCUT2D eigenvalue weighted by Gasteiger charge is 2.32. The Balaban J connectivity index is 2.37. The molecule has 0 saturated carbocycles. The molecule has 0 amide bonds. The molecule has 0 aromatic heterocycles. The fourth-order valence-electron chi connectivity index (χ4n) is 2.09. The van der Waals surface area contributed by atoms with Crippen molar-refractivity contribution in [3.63, 3.8) is 0 Å². The van der Waals surface area contributed by atoms with Gasteiger partial charge >= 0.3 is 12.8 Å². The van der Waals surface area contributed by atoms with E-state index < -0.39 is 18.4 Å². The first kappa shape index (κ1) is 13.9. The predicted octanol–water partition coefficient (Wildman–Crippen LogP) is 3.91. The third-order valence-electron chi connectivity index (χ3n) is 2.95. The molecular formula is C12H12F5NO. The second-order valence-corrected chi connectivity index (χ2v) is 4.25. The topological polar surface area (TPSA) is 12.5 Å². The molecule has 106 valence electrons. The Kier molecular flexibility index (Phi) is 3.82. The van der Waals surface area contributed by atoms with Gasteiger partial charge in [-0.1, -0.05) is 0 Å². The molecule has 0 radical (unpaired) electrons. The van der Waals surface area contributed by atoms with Crippen LogP contribution in [0.25, 0.3) is 0 Å². The van der Waals surface area contributed by atoms with Crippen molar-refractivity contribution in [1.82, 2.24) is 0 Å². The molecule has 0 aliphatic carbocycles. The Hall–Kier alpha value is -1.53. The number of nitrogens with zero attached hydrogens (tertiary/aromatic N) is 1. The minimum Gasteiger partial charge on any atom is -0.433 e. The number of hydrogen-bond donors (Lipinski definition) is 0. The third-order valence-corrected chi connectivity index (χ3v) is 2.95. The zero-order chi connectivity index (χ0) is 14.0. The molecule has 7 heteroatoms. The number of benzene rings is 1. The first-order valence-corrected chi connectivity index (χ1v) is 5.79. The number of halogens is 5. The quantitative estimate of drug-likeness (QED) is 0.779. The molecule has 1 aromatic rings. The Labute approximate surface area is 106 Å². The fraction of sp³-hybridized carbons (Fsp3) is 0.500. The SMILES string of the molecule is FC(F)Oc1ccc(C(F)(F)F)cc1N1CCCC1. The van der Waals surface area contributed by atoms with Gasteiger partial charge in [0.1, 0.15) is 5.75 Å². The molecule has 0 spiro atoms. The van der Waals surface area contributed by atoms with Gasteiger partial charge in [0.2, 0.25) is 0 Å². The van der Waals surface area contributed by atoms with Crippen molar-refractivity contribution in [1.29, 1.82) is 0 Å². The number of ether oxygens (including phenoxy) is 1. The van der Waals surface area contributed by atoms with Gasteiger partial charge in [0.05, 0.1) is 11.3 Å². The van der Waals surface area contributed by atoms with Gasteiger partial charge in [0.15, 0.2) is 0 Å². The maximum atomic E-state index is 12.6. The molecule has 0 atom stereocenters. The number of hydrogen-bond acceptors (Lipinski definition) is 2. The third kappa shape index (κ3) is 3.27. The summed E-state index contributed by atoms with van der Waals surface area (Å²) in [5.41, 5.74) is -0.788. The Morgan fingerprint density at radius 2 is 1.74 bits per heavy atom. The summed E-state index contributed by atoms with van der Waals surface area (Å²) in [6.07, 6.45) is -2.85. The highest BCUT2D eigenvalue weighted by molar-refractivity contribution is 5.61. The highest BCUT2D eigenvalue weighted by Crippen LogP contribution is 2.38. The van der Waals surface area contributed by atoms with Gasteiger partial charge in [0, 0.05) is 13.1 Å². The second kappa shape index (κ2) is 5.22. The smallest absolute Gasteiger partial charge is 0.416 e. The summed E-state index contributed by atoms with van der Waals surface area (Å²) in [7, 11) is 0. The van der Waals surface area contributed by atoms with E-state index in [2.05, 4.69) is 4.74 Å². The van der Waals surface area contributed by atoms with E-state index in [9.17, 15) is 22.0 Å². The molecule has 1 aliphatic heterocycles. The van der Waals surface area contributed by atoms with Crippen LogP contribution in [0.2, 0.25) is 0 Å². The van der Waals surface area contributed by atoms with Crippen LogP contribution in [0, 0.1) is 0 Å². The average Bonchev–Trinajstić information content (AvgIpc) is 2.80. The van der Waals surface area contributed by atoms with Crippen LogP contribution in [0.15, 0.2) is 18.2 Å². The Morgan fingerprint density at radius 1 is 1.11 bits per heavy atom. The maximum Gasteiger partial charge on any atom is 0.416 e. The standard InChI is InChI=1S/C12H12F5NO/c13-11(14)19-10-4-3-8(12(15,16)17)7-9(10)18-5-1-2-6-18/h3-4,7,11H,1-2,5-6H2. The predicted molar refractivity (Wildman–Crippen MR) is 59.5 cm³/mol. The van der Waals surface area contributed by atoms with Crippen LogP contribution < -0.4 is 9.64 Å². The zero-order valence-corrected chi connectivity index (χ0v) is 9.88. The molecule has 2 nitrogen and oxygen atoms in total. The van der Waals surface area contributed by atoms with Crippen LogP contribution in [-0.4, -0.2) is 19.7 Å². The molecule has 1 fully saturated rings. The molecule has 0 unspecified atom stereocenters. The lowest BCUT2D eigenvalue weighted by Gasteiger charge is -2.22. The van der Waals surface area contributed by atoms with Crippen LogP contribution in [0.3, 0.4) is 0 Å². The van der Waals surface area contributed by atoms with Crippen molar-refractivity contribution in [2.24, 2.45) is 0 Å². The minimum absolute atomic E-state index is 0.0765. The lowest BCUT2D eigenvalue weighted by atomic mass is 10.1. The second-order valence-electron chi connectivity index (χ2n) is 4.25. The van der Waals surface area contributed by atoms with E-state index in [0.717, 1.165) is 31.0 Å². The molecule has 1 heterocycles. The van der Waals surface area contributed by atoms with Crippen LogP contribution in [0.4, 0.5) is 27.6 Å². The van der Waals surface area contributed by atoms with Crippen molar-refractivity contribution in [3.05, 3.63) is 23.8 Å². The van der Waals surface area contributed by atoms with Crippen LogP contribution in [0.1, 0.15) is 18.4 Å². The molecule has 19 heavy (non-hydrogen) atoms. The normalized spacial score (nSPS) is 16.2. The van der Waals surface area contributed by atoms with Crippen molar-refractivity contribution >= 4 is 5.69 Å². The van der Waals surface area contributed by atoms with E-state index in [1.54, 1.807) is 4.90 Å². The first-order valence-electron chi connectivity index (χ1n) is 5.79. The molecule has 1 aliphatic rings. The fourth-order valence-corrected chi connectivity index (χ4v) is 2.09. The summed E-state index contributed by atoms with van der Waals surface area (Å²) in [6.45, 7) is -1.97. The van der Waals surface area contributed by atoms with Crippen molar-refractivity contribution < 1.29 is 26.7 Å². The molecular weight excluding hydrogens is 269 g/mol. The summed E-state index contributed by atoms with van der Waals surface area (Å²) in [5, 5.41) is 0. The monoisotopic (exact) mass is 281 g/mol. The van der Waals surface area contributed by atoms with Gasteiger partial charge in [-0.15, -0.1) is 0 Å². The lowest BCUT2D eigenvalue weighted by Crippen LogP contribution is -2.20. The maximum absolute atomic E-state index is 12.6. The van der Waals surface area contributed by atoms with Crippen LogP contribution >= 0.6 is 0 Å². The number of alkyl halides is 5. The number of rotatable bonds is 3. The molecule has 0 N–H and O–H groups in total. The van der Waals surface area contributed by atoms with Crippen LogP contribution in [0.5, 0.6) is 5.75 Å². The Bertz CT molecular complexity index is 440. The molecule has 1 saturated heterocycles. The Morgan fingerprint density at radius 3 is 2.26 bits per heavy atom. The van der Waals surface area contributed by atoms with E-state index in [1.165, 1.54) is 0 Å². The zero-order valence-electron chi connectivity index (χ0n) is 9.88. The highest BCUT2D eigenvalue weighted by atomic mass is 19.4. The van der Waals surface area contributed by atoms with Crippen molar-refractivity contribution in [2.75, 3.05) is 18.0 Å². The lowest BCUT2D eigenvalue weighted by molar-refractivity contribution is -0.137. The minimum atomic E-state index is -4.50. The van der Waals surface area contributed by atoms with E-state index in [1.807, 2.05) is 0 Å². The van der Waals surface area contributed by atoms with E-state index in [0.29, 0.717) is 13.1 Å². The van der Waals surface area contributed by atoms with E-state index >= 15 is 0 Å². The molecule has 2 rings (SSSR count). The van der Waals surface area contributed by atoms with Gasteiger partial charge in [-0.3, -0.25) is 0 Å². The summed E-state index contributed by atoms with van der Waals surface area (Å²) in [6, 6.07) is 2.56. The van der Waals surface area contributed by atoms with Crippen molar-refractivity contribution in [3.8, 4) is 5.75 Å². The van der Waals surface area contributed by atoms with Gasteiger partial charge in [0.25, 0.3) is 0 Å². The van der Waals surface area contributed by atoms with Crippen LogP contribution in [-0.2, 0) is 6.18 Å². The molecule has 0 bridgehead atoms. The summed E-state index contributed by atoms with van der Waals surface area (Å²) in [4.78, 5) is 1.63. The first-order chi connectivity index (χ1) is 8.88. The van der Waals surface area contributed by atoms with Crippen molar-refractivity contribution in [2.45, 2.75) is 25.6 Å². The van der Waals surface area contributed by atoms with Gasteiger partial charge in [-0.2, -0.15) is 22.0 Å². The molecule has 1 aromatic carbocycles. The average molecular weight is 281 g/mol. The van der Waals surface area contributed by atoms with E-state index in [4.69, 9.17) is 0 Å².